The zero-order chi connectivity index (χ0) is 11.7. The molecule has 0 atom stereocenters. The van der Waals surface area contributed by atoms with Gasteiger partial charge in [-0.3, -0.25) is 0 Å². The second kappa shape index (κ2) is 4.48. The SMILES string of the molecule is COc1nc(C)nc2sc(NC(=S)S)nc12. The molecule has 8 heteroatoms. The fourth-order valence-corrected chi connectivity index (χ4v) is 2.41. The van der Waals surface area contributed by atoms with E-state index in [1.165, 1.54) is 11.3 Å². The lowest BCUT2D eigenvalue weighted by Gasteiger charge is -1.99. The summed E-state index contributed by atoms with van der Waals surface area (Å²) in [5.41, 5.74) is 0.630. The first-order valence-electron chi connectivity index (χ1n) is 4.29. The number of aryl methyl sites for hydroxylation is 1. The van der Waals surface area contributed by atoms with E-state index in [0.717, 1.165) is 4.83 Å². The summed E-state index contributed by atoms with van der Waals surface area (Å²) in [5, 5.41) is 3.48. The average Bonchev–Trinajstić information content (AvgIpc) is 2.57. The molecule has 5 nitrogen and oxygen atoms in total. The number of ether oxygens (including phenoxy) is 1. The number of nitrogens with one attached hydrogen (secondary N) is 1. The molecule has 2 aromatic heterocycles. The first-order chi connectivity index (χ1) is 7.60. The molecule has 0 unspecified atom stereocenters. The minimum Gasteiger partial charge on any atom is -0.479 e. The summed E-state index contributed by atoms with van der Waals surface area (Å²) in [4.78, 5) is 13.5. The van der Waals surface area contributed by atoms with Crippen molar-refractivity contribution >= 4 is 56.0 Å². The van der Waals surface area contributed by atoms with Crippen molar-refractivity contribution < 1.29 is 4.74 Å². The van der Waals surface area contributed by atoms with Crippen molar-refractivity contribution in [3.05, 3.63) is 5.82 Å². The molecule has 0 aliphatic rings. The van der Waals surface area contributed by atoms with E-state index in [-0.39, 0.29) is 0 Å². The van der Waals surface area contributed by atoms with Crippen LogP contribution in [0.5, 0.6) is 5.88 Å². The predicted octanol–water partition coefficient (Wildman–Crippen LogP) is 2.03. The van der Waals surface area contributed by atoms with E-state index in [0.29, 0.717) is 26.7 Å². The van der Waals surface area contributed by atoms with Gasteiger partial charge >= 0.3 is 0 Å². The van der Waals surface area contributed by atoms with Crippen molar-refractivity contribution in [2.45, 2.75) is 6.92 Å². The Morgan fingerprint density at radius 1 is 1.44 bits per heavy atom. The van der Waals surface area contributed by atoms with E-state index in [9.17, 15) is 0 Å². The van der Waals surface area contributed by atoms with Crippen LogP contribution < -0.4 is 10.1 Å². The molecular weight excluding hydrogens is 264 g/mol. The molecule has 0 radical (unpaired) electrons. The molecule has 0 aromatic carbocycles. The number of thiazole rings is 1. The normalized spacial score (nSPS) is 10.4. The van der Waals surface area contributed by atoms with Gasteiger partial charge in [0.2, 0.25) is 5.88 Å². The Hall–Kier alpha value is -0.990. The van der Waals surface area contributed by atoms with Gasteiger partial charge in [0.25, 0.3) is 0 Å². The van der Waals surface area contributed by atoms with Gasteiger partial charge in [-0.1, -0.05) is 23.6 Å². The van der Waals surface area contributed by atoms with Crippen LogP contribution in [0.4, 0.5) is 5.13 Å². The Morgan fingerprint density at radius 2 is 2.19 bits per heavy atom. The third-order valence-corrected chi connectivity index (χ3v) is 2.82. The number of nitrogens with zero attached hydrogens (tertiary/aromatic N) is 3. The largest absolute Gasteiger partial charge is 0.479 e. The predicted molar refractivity (Wildman–Crippen MR) is 71.7 cm³/mol. The minimum absolute atomic E-state index is 0.364. The number of methoxy groups -OCH3 is 1. The topological polar surface area (TPSA) is 59.9 Å². The van der Waals surface area contributed by atoms with E-state index in [2.05, 4.69) is 32.9 Å². The van der Waals surface area contributed by atoms with Crippen LogP contribution in [0.1, 0.15) is 5.82 Å². The highest BCUT2D eigenvalue weighted by Gasteiger charge is 2.12. The monoisotopic (exact) mass is 272 g/mol. The molecular formula is C8H8N4OS3. The molecule has 0 spiro atoms. The summed E-state index contributed by atoms with van der Waals surface area (Å²) < 4.78 is 5.50. The zero-order valence-electron chi connectivity index (χ0n) is 8.51. The molecule has 0 amide bonds. The van der Waals surface area contributed by atoms with Crippen molar-refractivity contribution in [2.24, 2.45) is 0 Å². The number of anilines is 1. The Labute approximate surface area is 107 Å². The van der Waals surface area contributed by atoms with Crippen LogP contribution in [0, 0.1) is 6.92 Å². The number of rotatable bonds is 2. The first-order valence-corrected chi connectivity index (χ1v) is 5.96. The summed E-state index contributed by atoms with van der Waals surface area (Å²) in [6.07, 6.45) is 0. The van der Waals surface area contributed by atoms with Gasteiger partial charge < -0.3 is 10.1 Å². The lowest BCUT2D eigenvalue weighted by atomic mass is 10.5. The van der Waals surface area contributed by atoms with E-state index in [1.54, 1.807) is 14.0 Å². The quantitative estimate of drug-likeness (QED) is 0.644. The molecule has 0 aliphatic heterocycles. The average molecular weight is 272 g/mol. The summed E-state index contributed by atoms with van der Waals surface area (Å²) in [5.74, 6) is 1.12. The highest BCUT2D eigenvalue weighted by molar-refractivity contribution is 8.11. The maximum Gasteiger partial charge on any atom is 0.244 e. The standard InChI is InChI=1S/C8H8N4OS3/c1-3-9-5(13-2)4-6(10-3)16-7(11-4)12-8(14)15/h1-2H3,(H2,11,12,14,15). The fourth-order valence-electron chi connectivity index (χ4n) is 1.19. The third-order valence-electron chi connectivity index (χ3n) is 1.75. The van der Waals surface area contributed by atoms with Gasteiger partial charge in [0.05, 0.1) is 7.11 Å². The maximum absolute atomic E-state index is 5.14. The zero-order valence-corrected chi connectivity index (χ0v) is 11.0. The van der Waals surface area contributed by atoms with E-state index in [4.69, 9.17) is 17.0 Å². The highest BCUT2D eigenvalue weighted by atomic mass is 32.1. The molecule has 0 saturated heterocycles. The van der Waals surface area contributed by atoms with Gasteiger partial charge in [-0.25, -0.2) is 9.97 Å². The third kappa shape index (κ3) is 2.23. The van der Waals surface area contributed by atoms with Gasteiger partial charge in [0.15, 0.2) is 15.5 Å². The molecule has 0 fully saturated rings. The number of aromatic nitrogens is 3. The molecule has 16 heavy (non-hydrogen) atoms. The summed E-state index contributed by atoms with van der Waals surface area (Å²) >= 11 is 10.2. The van der Waals surface area contributed by atoms with Crippen LogP contribution in [-0.4, -0.2) is 26.4 Å². The fraction of sp³-hybridized carbons (Fsp3) is 0.250. The Balaban J connectivity index is 2.55. The van der Waals surface area contributed by atoms with Crippen LogP contribution in [-0.2, 0) is 0 Å². The van der Waals surface area contributed by atoms with Gasteiger partial charge in [0, 0.05) is 0 Å². The number of fused-ring (bicyclic) bond motifs is 1. The van der Waals surface area contributed by atoms with Crippen molar-refractivity contribution in [3.63, 3.8) is 0 Å². The van der Waals surface area contributed by atoms with Crippen LogP contribution in [0.25, 0.3) is 10.3 Å². The number of thiocarbonyl (C=S) groups is 1. The minimum atomic E-state index is 0.364. The molecule has 84 valence electrons. The van der Waals surface area contributed by atoms with E-state index < -0.39 is 0 Å². The van der Waals surface area contributed by atoms with Gasteiger partial charge in [0.1, 0.15) is 10.1 Å². The molecule has 0 bridgehead atoms. The second-order valence-corrected chi connectivity index (χ2v) is 5.02. The Bertz CT molecular complexity index is 553. The first kappa shape index (κ1) is 11.5. The number of hydrogen-bond donors (Lipinski definition) is 2. The van der Waals surface area contributed by atoms with Crippen LogP contribution in [0.3, 0.4) is 0 Å². The smallest absolute Gasteiger partial charge is 0.244 e. The van der Waals surface area contributed by atoms with Gasteiger partial charge in [-0.05, 0) is 6.92 Å². The van der Waals surface area contributed by atoms with Crippen LogP contribution >= 0.6 is 36.2 Å². The van der Waals surface area contributed by atoms with Crippen molar-refractivity contribution in [1.29, 1.82) is 0 Å². The Morgan fingerprint density at radius 3 is 2.81 bits per heavy atom. The molecule has 0 aliphatic carbocycles. The molecule has 2 aromatic rings. The highest BCUT2D eigenvalue weighted by Crippen LogP contribution is 2.29. The molecule has 2 rings (SSSR count). The van der Waals surface area contributed by atoms with Gasteiger partial charge in [-0.15, -0.1) is 12.6 Å². The molecule has 1 N–H and O–H groups in total. The van der Waals surface area contributed by atoms with Crippen LogP contribution in [0.15, 0.2) is 0 Å². The number of hydrogen-bond acceptors (Lipinski definition) is 6. The summed E-state index contributed by atoms with van der Waals surface area (Å²) in [7, 11) is 1.55. The van der Waals surface area contributed by atoms with E-state index in [1.807, 2.05) is 0 Å². The van der Waals surface area contributed by atoms with Crippen molar-refractivity contribution in [3.8, 4) is 5.88 Å². The lowest BCUT2D eigenvalue weighted by Crippen LogP contribution is -1.99. The van der Waals surface area contributed by atoms with Crippen molar-refractivity contribution in [1.82, 2.24) is 15.0 Å². The second-order valence-electron chi connectivity index (χ2n) is 2.88. The van der Waals surface area contributed by atoms with Crippen molar-refractivity contribution in [2.75, 3.05) is 12.4 Å². The molecule has 0 saturated carbocycles. The van der Waals surface area contributed by atoms with E-state index >= 15 is 0 Å². The summed E-state index contributed by atoms with van der Waals surface area (Å²) in [6, 6.07) is 0. The lowest BCUT2D eigenvalue weighted by molar-refractivity contribution is 0.400. The summed E-state index contributed by atoms with van der Waals surface area (Å²) in [6.45, 7) is 1.80. The maximum atomic E-state index is 5.14. The van der Waals surface area contributed by atoms with Crippen LogP contribution in [0.2, 0.25) is 0 Å². The molecule has 2 heterocycles. The Kier molecular flexibility index (Phi) is 3.22. The number of thiol groups is 1. The van der Waals surface area contributed by atoms with Gasteiger partial charge in [-0.2, -0.15) is 4.98 Å².